The molecular formula is C15H26. The van der Waals surface area contributed by atoms with Gasteiger partial charge in [0.15, 0.2) is 0 Å². The van der Waals surface area contributed by atoms with E-state index in [1.54, 1.807) is 0 Å². The highest BCUT2D eigenvalue weighted by Gasteiger charge is 2.09. The Hall–Kier alpha value is -0.780. The third-order valence-corrected chi connectivity index (χ3v) is 2.60. The largest absolute Gasteiger partial charge is 0.0991 e. The monoisotopic (exact) mass is 206 g/mol. The van der Waals surface area contributed by atoms with Crippen LogP contribution in [0.1, 0.15) is 52.9 Å². The zero-order valence-corrected chi connectivity index (χ0v) is 10.6. The minimum Gasteiger partial charge on any atom is -0.0991 e. The quantitative estimate of drug-likeness (QED) is 0.474. The Morgan fingerprint density at radius 2 is 1.73 bits per heavy atom. The van der Waals surface area contributed by atoms with Crippen molar-refractivity contribution in [2.75, 3.05) is 0 Å². The molecule has 0 aromatic heterocycles. The van der Waals surface area contributed by atoms with Gasteiger partial charge in [-0.2, -0.15) is 0 Å². The van der Waals surface area contributed by atoms with Crippen LogP contribution in [0.4, 0.5) is 0 Å². The Labute approximate surface area is 95.8 Å². The van der Waals surface area contributed by atoms with Crippen molar-refractivity contribution >= 4 is 0 Å². The molecule has 0 aliphatic rings. The first-order valence-corrected chi connectivity index (χ1v) is 6.29. The second-order valence-electron chi connectivity index (χ2n) is 3.99. The lowest BCUT2D eigenvalue weighted by molar-refractivity contribution is 0.512. The normalized spacial score (nSPS) is 12.7. The summed E-state index contributed by atoms with van der Waals surface area (Å²) in [5, 5.41) is 0. The molecule has 0 atom stereocenters. The first kappa shape index (κ1) is 14.2. The molecule has 0 nitrogen and oxygen atoms in total. The highest BCUT2D eigenvalue weighted by atomic mass is 14.1. The van der Waals surface area contributed by atoms with E-state index in [9.17, 15) is 0 Å². The number of rotatable bonds is 8. The molecule has 86 valence electrons. The summed E-state index contributed by atoms with van der Waals surface area (Å²) in [4.78, 5) is 0. The van der Waals surface area contributed by atoms with Gasteiger partial charge in [0.1, 0.15) is 0 Å². The second-order valence-corrected chi connectivity index (χ2v) is 3.99. The van der Waals surface area contributed by atoms with Crippen LogP contribution in [0.15, 0.2) is 36.5 Å². The van der Waals surface area contributed by atoms with Crippen LogP contribution in [0.3, 0.4) is 0 Å². The van der Waals surface area contributed by atoms with Crippen molar-refractivity contribution in [2.45, 2.75) is 52.9 Å². The molecule has 0 bridgehead atoms. The average Bonchev–Trinajstić information content (AvgIpc) is 2.24. The van der Waals surface area contributed by atoms with E-state index in [4.69, 9.17) is 0 Å². The van der Waals surface area contributed by atoms with E-state index in [2.05, 4.69) is 45.6 Å². The first-order chi connectivity index (χ1) is 7.29. The maximum atomic E-state index is 3.80. The zero-order valence-electron chi connectivity index (χ0n) is 10.6. The molecule has 0 unspecified atom stereocenters. The van der Waals surface area contributed by atoms with Crippen LogP contribution in [0.5, 0.6) is 0 Å². The van der Waals surface area contributed by atoms with Crippen molar-refractivity contribution in [2.24, 2.45) is 5.92 Å². The standard InChI is InChI=1S/C15H26/c1-5-9-13-15(12-8-4)14(10-6-2)11-7-3/h8-9,12-14H,4-7,10-11H2,1-3H3/b13-9-,15-12+. The van der Waals surface area contributed by atoms with Crippen molar-refractivity contribution < 1.29 is 0 Å². The molecule has 0 spiro atoms. The minimum atomic E-state index is 0.723. The lowest BCUT2D eigenvalue weighted by Gasteiger charge is -2.16. The molecule has 0 aromatic carbocycles. The smallest absolute Gasteiger partial charge is 0.0162 e. The van der Waals surface area contributed by atoms with Crippen LogP contribution in [0.2, 0.25) is 0 Å². The predicted octanol–water partition coefficient (Wildman–Crippen LogP) is 5.28. The van der Waals surface area contributed by atoms with Crippen molar-refractivity contribution in [3.8, 4) is 0 Å². The molecule has 0 saturated carbocycles. The van der Waals surface area contributed by atoms with E-state index in [1.807, 2.05) is 6.08 Å². The van der Waals surface area contributed by atoms with Gasteiger partial charge >= 0.3 is 0 Å². The lowest BCUT2D eigenvalue weighted by Crippen LogP contribution is -2.02. The second kappa shape index (κ2) is 9.76. The van der Waals surface area contributed by atoms with Crippen molar-refractivity contribution in [3.63, 3.8) is 0 Å². The summed E-state index contributed by atoms with van der Waals surface area (Å²) in [5.41, 5.74) is 1.45. The minimum absolute atomic E-state index is 0.723. The van der Waals surface area contributed by atoms with Gasteiger partial charge in [-0.05, 0) is 30.8 Å². The molecule has 0 aliphatic heterocycles. The Morgan fingerprint density at radius 1 is 1.13 bits per heavy atom. The summed E-state index contributed by atoms with van der Waals surface area (Å²) in [6, 6.07) is 0. The third-order valence-electron chi connectivity index (χ3n) is 2.60. The SMILES string of the molecule is C=C/C=C(\C=C/CC)C(CCC)CCC. The van der Waals surface area contributed by atoms with Gasteiger partial charge in [0.25, 0.3) is 0 Å². The van der Waals surface area contributed by atoms with Gasteiger partial charge in [-0.3, -0.25) is 0 Å². The van der Waals surface area contributed by atoms with Crippen LogP contribution < -0.4 is 0 Å². The van der Waals surface area contributed by atoms with E-state index in [-0.39, 0.29) is 0 Å². The molecule has 0 rings (SSSR count). The van der Waals surface area contributed by atoms with E-state index in [0.717, 1.165) is 12.3 Å². The summed E-state index contributed by atoms with van der Waals surface area (Å²) in [7, 11) is 0. The van der Waals surface area contributed by atoms with E-state index in [0.29, 0.717) is 0 Å². The molecule has 0 heterocycles. The third kappa shape index (κ3) is 6.33. The summed E-state index contributed by atoms with van der Waals surface area (Å²) in [6.07, 6.45) is 14.8. The van der Waals surface area contributed by atoms with Crippen LogP contribution in [-0.4, -0.2) is 0 Å². The van der Waals surface area contributed by atoms with Crippen LogP contribution >= 0.6 is 0 Å². The molecular weight excluding hydrogens is 180 g/mol. The van der Waals surface area contributed by atoms with Crippen molar-refractivity contribution in [1.82, 2.24) is 0 Å². The highest BCUT2D eigenvalue weighted by Crippen LogP contribution is 2.23. The molecule has 0 radical (unpaired) electrons. The molecule has 0 aliphatic carbocycles. The lowest BCUT2D eigenvalue weighted by atomic mass is 9.89. The number of allylic oxidation sites excluding steroid dienone is 5. The summed E-state index contributed by atoms with van der Waals surface area (Å²) >= 11 is 0. The van der Waals surface area contributed by atoms with Crippen LogP contribution in [-0.2, 0) is 0 Å². The fraction of sp³-hybridized carbons (Fsp3) is 0.600. The fourth-order valence-corrected chi connectivity index (χ4v) is 1.89. The van der Waals surface area contributed by atoms with Gasteiger partial charge in [-0.15, -0.1) is 0 Å². The summed E-state index contributed by atoms with van der Waals surface area (Å²) < 4.78 is 0. The van der Waals surface area contributed by atoms with Crippen LogP contribution in [0.25, 0.3) is 0 Å². The molecule has 0 aromatic rings. The highest BCUT2D eigenvalue weighted by molar-refractivity contribution is 5.25. The van der Waals surface area contributed by atoms with Gasteiger partial charge < -0.3 is 0 Å². The maximum Gasteiger partial charge on any atom is -0.0162 e. The molecule has 0 saturated heterocycles. The van der Waals surface area contributed by atoms with Gasteiger partial charge in [-0.1, -0.05) is 64.5 Å². The van der Waals surface area contributed by atoms with Gasteiger partial charge in [-0.25, -0.2) is 0 Å². The predicted molar refractivity (Wildman–Crippen MR) is 71.0 cm³/mol. The molecule has 0 amide bonds. The van der Waals surface area contributed by atoms with Gasteiger partial charge in [0.05, 0.1) is 0 Å². The molecule has 15 heavy (non-hydrogen) atoms. The molecule has 0 N–H and O–H groups in total. The topological polar surface area (TPSA) is 0 Å². The fourth-order valence-electron chi connectivity index (χ4n) is 1.89. The molecule has 0 fully saturated rings. The molecule has 0 heteroatoms. The Balaban J connectivity index is 4.58. The van der Waals surface area contributed by atoms with E-state index >= 15 is 0 Å². The summed E-state index contributed by atoms with van der Waals surface area (Å²) in [6.45, 7) is 10.5. The average molecular weight is 206 g/mol. The number of hydrogen-bond acceptors (Lipinski definition) is 0. The first-order valence-electron chi connectivity index (χ1n) is 6.29. The Bertz CT molecular complexity index is 202. The maximum absolute atomic E-state index is 3.80. The van der Waals surface area contributed by atoms with Crippen LogP contribution in [0, 0.1) is 5.92 Å². The van der Waals surface area contributed by atoms with Crippen molar-refractivity contribution in [1.29, 1.82) is 0 Å². The van der Waals surface area contributed by atoms with Crippen molar-refractivity contribution in [3.05, 3.63) is 36.5 Å². The van der Waals surface area contributed by atoms with E-state index < -0.39 is 0 Å². The summed E-state index contributed by atoms with van der Waals surface area (Å²) in [5.74, 6) is 0.723. The van der Waals surface area contributed by atoms with Gasteiger partial charge in [0, 0.05) is 0 Å². The zero-order chi connectivity index (χ0) is 11.5. The van der Waals surface area contributed by atoms with E-state index in [1.165, 1.54) is 31.3 Å². The van der Waals surface area contributed by atoms with Gasteiger partial charge in [0.2, 0.25) is 0 Å². The Kier molecular flexibility index (Phi) is 9.26. The number of hydrogen-bond donors (Lipinski definition) is 0. The Morgan fingerprint density at radius 3 is 2.13 bits per heavy atom.